The Morgan fingerprint density at radius 1 is 1.22 bits per heavy atom. The first-order chi connectivity index (χ1) is 4.34. The molecule has 2 fully saturated rings. The maximum atomic E-state index is 5.63. The molecule has 3 atom stereocenters. The summed E-state index contributed by atoms with van der Waals surface area (Å²) in [7, 11) is 0. The molecule has 2 heteroatoms. The molecule has 1 aliphatic heterocycles. The number of fused-ring (bicyclic) bond motifs is 2. The lowest BCUT2D eigenvalue weighted by molar-refractivity contribution is -0.0386. The molecular weight excluding hydrogens is 114 g/mol. The number of ether oxygens (including phenoxy) is 1. The first-order valence-electron chi connectivity index (χ1n) is 3.75. The zero-order chi connectivity index (χ0) is 6.27. The molecule has 2 rings (SSSR count). The molecule has 0 aromatic carbocycles. The molecule has 52 valence electrons. The van der Waals surface area contributed by atoms with Gasteiger partial charge in [0.1, 0.15) is 6.23 Å². The van der Waals surface area contributed by atoms with Crippen molar-refractivity contribution in [3.63, 3.8) is 0 Å². The normalized spacial score (nSPS) is 49.7. The minimum absolute atomic E-state index is 0.0521. The summed E-state index contributed by atoms with van der Waals surface area (Å²) < 4.78 is 5.45. The average Bonchev–Trinajstić information content (AvgIpc) is 2.11. The van der Waals surface area contributed by atoms with Gasteiger partial charge >= 0.3 is 0 Å². The summed E-state index contributed by atoms with van der Waals surface area (Å²) in [5, 5.41) is 0. The van der Waals surface area contributed by atoms with Gasteiger partial charge in [0.15, 0.2) is 0 Å². The molecule has 2 N–H and O–H groups in total. The molecule has 0 aromatic rings. The van der Waals surface area contributed by atoms with Crippen LogP contribution < -0.4 is 5.73 Å². The molecule has 0 aromatic heterocycles. The van der Waals surface area contributed by atoms with Crippen molar-refractivity contribution in [2.24, 2.45) is 11.7 Å². The highest BCUT2D eigenvalue weighted by molar-refractivity contribution is 4.82. The van der Waals surface area contributed by atoms with Crippen molar-refractivity contribution in [2.45, 2.75) is 38.0 Å². The highest BCUT2D eigenvalue weighted by atomic mass is 16.5. The third kappa shape index (κ3) is 0.970. The van der Waals surface area contributed by atoms with Crippen LogP contribution in [0.5, 0.6) is 0 Å². The third-order valence-electron chi connectivity index (χ3n) is 2.43. The standard InChI is InChI=1S/C7H13NO/c8-7-4-5-1-2-6(3-5)9-7/h5-7H,1-4,8H2. The molecule has 3 unspecified atom stereocenters. The second kappa shape index (κ2) is 1.96. The highest BCUT2D eigenvalue weighted by Crippen LogP contribution is 2.35. The predicted molar refractivity (Wildman–Crippen MR) is 34.8 cm³/mol. The molecule has 2 nitrogen and oxygen atoms in total. The van der Waals surface area contributed by atoms with E-state index >= 15 is 0 Å². The number of rotatable bonds is 0. The van der Waals surface area contributed by atoms with Gasteiger partial charge in [-0.05, 0) is 31.6 Å². The van der Waals surface area contributed by atoms with E-state index in [0.29, 0.717) is 6.10 Å². The first kappa shape index (κ1) is 5.69. The Balaban J connectivity index is 2.03. The van der Waals surface area contributed by atoms with Crippen molar-refractivity contribution >= 4 is 0 Å². The van der Waals surface area contributed by atoms with Crippen LogP contribution in [0.1, 0.15) is 25.7 Å². The quantitative estimate of drug-likeness (QED) is 0.524. The van der Waals surface area contributed by atoms with E-state index < -0.39 is 0 Å². The lowest BCUT2D eigenvalue weighted by Gasteiger charge is -2.24. The van der Waals surface area contributed by atoms with E-state index in [1.165, 1.54) is 19.3 Å². The van der Waals surface area contributed by atoms with Crippen LogP contribution >= 0.6 is 0 Å². The summed E-state index contributed by atoms with van der Waals surface area (Å²) in [5.74, 6) is 0.888. The van der Waals surface area contributed by atoms with E-state index in [2.05, 4.69) is 0 Å². The average molecular weight is 127 g/mol. The van der Waals surface area contributed by atoms with E-state index in [9.17, 15) is 0 Å². The summed E-state index contributed by atoms with van der Waals surface area (Å²) >= 11 is 0. The Hall–Kier alpha value is -0.0800. The molecule has 1 saturated heterocycles. The van der Waals surface area contributed by atoms with Crippen molar-refractivity contribution in [3.05, 3.63) is 0 Å². The van der Waals surface area contributed by atoms with Crippen LogP contribution in [-0.2, 0) is 4.74 Å². The molecule has 1 heterocycles. The van der Waals surface area contributed by atoms with Crippen LogP contribution in [-0.4, -0.2) is 12.3 Å². The Morgan fingerprint density at radius 2 is 2.11 bits per heavy atom. The second-order valence-electron chi connectivity index (χ2n) is 3.21. The van der Waals surface area contributed by atoms with Gasteiger partial charge in [-0.3, -0.25) is 0 Å². The zero-order valence-corrected chi connectivity index (χ0v) is 5.55. The number of hydrogen-bond acceptors (Lipinski definition) is 2. The molecule has 9 heavy (non-hydrogen) atoms. The fraction of sp³-hybridized carbons (Fsp3) is 1.00. The van der Waals surface area contributed by atoms with Gasteiger partial charge in [-0.25, -0.2) is 0 Å². The summed E-state index contributed by atoms with van der Waals surface area (Å²) in [6.07, 6.45) is 5.52. The van der Waals surface area contributed by atoms with Crippen molar-refractivity contribution < 1.29 is 4.74 Å². The van der Waals surface area contributed by atoms with E-state index in [4.69, 9.17) is 10.5 Å². The minimum atomic E-state index is 0.0521. The molecule has 0 radical (unpaired) electrons. The highest BCUT2D eigenvalue weighted by Gasteiger charge is 2.32. The van der Waals surface area contributed by atoms with Gasteiger partial charge in [-0.15, -0.1) is 0 Å². The predicted octanol–water partition coefficient (Wildman–Crippen LogP) is 0.860. The number of nitrogens with two attached hydrogens (primary N) is 1. The monoisotopic (exact) mass is 127 g/mol. The topological polar surface area (TPSA) is 35.2 Å². The Bertz CT molecular complexity index is 103. The molecule has 1 saturated carbocycles. The minimum Gasteiger partial charge on any atom is -0.360 e. The fourth-order valence-electron chi connectivity index (χ4n) is 2.00. The molecule has 2 aliphatic rings. The van der Waals surface area contributed by atoms with Gasteiger partial charge in [-0.2, -0.15) is 0 Å². The SMILES string of the molecule is NC1CC2CCC(C2)O1. The second-order valence-corrected chi connectivity index (χ2v) is 3.21. The van der Waals surface area contributed by atoms with Gasteiger partial charge < -0.3 is 10.5 Å². The lowest BCUT2D eigenvalue weighted by atomic mass is 10.0. The van der Waals surface area contributed by atoms with E-state index in [1.54, 1.807) is 0 Å². The maximum Gasteiger partial charge on any atom is 0.106 e. The first-order valence-corrected chi connectivity index (χ1v) is 3.75. The summed E-state index contributed by atoms with van der Waals surface area (Å²) in [6.45, 7) is 0. The van der Waals surface area contributed by atoms with E-state index in [0.717, 1.165) is 12.3 Å². The van der Waals surface area contributed by atoms with Crippen LogP contribution in [0.2, 0.25) is 0 Å². The fourth-order valence-corrected chi connectivity index (χ4v) is 2.00. The summed E-state index contributed by atoms with van der Waals surface area (Å²) in [4.78, 5) is 0. The Kier molecular flexibility index (Phi) is 1.24. The van der Waals surface area contributed by atoms with Crippen molar-refractivity contribution in [2.75, 3.05) is 0 Å². The Morgan fingerprint density at radius 3 is 2.89 bits per heavy atom. The van der Waals surface area contributed by atoms with Crippen LogP contribution in [0.15, 0.2) is 0 Å². The molecule has 2 bridgehead atoms. The summed E-state index contributed by atoms with van der Waals surface area (Å²) in [5.41, 5.74) is 5.63. The molecule has 0 spiro atoms. The van der Waals surface area contributed by atoms with Crippen molar-refractivity contribution in [1.29, 1.82) is 0 Å². The van der Waals surface area contributed by atoms with Gasteiger partial charge in [0.25, 0.3) is 0 Å². The van der Waals surface area contributed by atoms with Crippen LogP contribution in [0.4, 0.5) is 0 Å². The van der Waals surface area contributed by atoms with Crippen LogP contribution in [0.25, 0.3) is 0 Å². The van der Waals surface area contributed by atoms with Gasteiger partial charge in [0.2, 0.25) is 0 Å². The van der Waals surface area contributed by atoms with Crippen LogP contribution in [0.3, 0.4) is 0 Å². The zero-order valence-electron chi connectivity index (χ0n) is 5.55. The molecular formula is C7H13NO. The maximum absolute atomic E-state index is 5.63. The molecule has 1 aliphatic carbocycles. The lowest BCUT2D eigenvalue weighted by Crippen LogP contribution is -2.33. The van der Waals surface area contributed by atoms with Crippen molar-refractivity contribution in [1.82, 2.24) is 0 Å². The number of hydrogen-bond donors (Lipinski definition) is 1. The smallest absolute Gasteiger partial charge is 0.106 e. The van der Waals surface area contributed by atoms with E-state index in [-0.39, 0.29) is 6.23 Å². The van der Waals surface area contributed by atoms with E-state index in [1.807, 2.05) is 0 Å². The van der Waals surface area contributed by atoms with Gasteiger partial charge in [0.05, 0.1) is 6.10 Å². The van der Waals surface area contributed by atoms with Crippen molar-refractivity contribution in [3.8, 4) is 0 Å². The van der Waals surface area contributed by atoms with Gasteiger partial charge in [-0.1, -0.05) is 0 Å². The Labute approximate surface area is 55.4 Å². The summed E-state index contributed by atoms with van der Waals surface area (Å²) in [6, 6.07) is 0. The molecule has 0 amide bonds. The van der Waals surface area contributed by atoms with Gasteiger partial charge in [0, 0.05) is 0 Å². The largest absolute Gasteiger partial charge is 0.360 e. The van der Waals surface area contributed by atoms with Crippen LogP contribution in [0, 0.1) is 5.92 Å². The third-order valence-corrected chi connectivity index (χ3v) is 2.43.